The van der Waals surface area contributed by atoms with E-state index in [2.05, 4.69) is 19.2 Å². The highest BCUT2D eigenvalue weighted by molar-refractivity contribution is 4.86. The highest BCUT2D eigenvalue weighted by Gasteiger charge is 2.05. The third-order valence-electron chi connectivity index (χ3n) is 1.77. The van der Waals surface area contributed by atoms with Gasteiger partial charge in [0.25, 0.3) is 0 Å². The first-order valence-corrected chi connectivity index (χ1v) is 4.75. The predicted octanol–water partition coefficient (Wildman–Crippen LogP) is 2.66. The lowest BCUT2D eigenvalue weighted by Gasteiger charge is -2.16. The maximum atomic E-state index is 5.68. The highest BCUT2D eigenvalue weighted by atomic mass is 16.5. The summed E-state index contributed by atoms with van der Waals surface area (Å²) in [6.07, 6.45) is 5.69. The minimum atomic E-state index is 0.389. The molecular formula is C10H21NO. The molecule has 0 spiro atoms. The van der Waals surface area contributed by atoms with E-state index in [0.29, 0.717) is 6.10 Å². The van der Waals surface area contributed by atoms with E-state index < -0.39 is 0 Å². The van der Waals surface area contributed by atoms with Gasteiger partial charge in [-0.05, 0) is 19.8 Å². The van der Waals surface area contributed by atoms with Gasteiger partial charge in [0.1, 0.15) is 5.76 Å². The van der Waals surface area contributed by atoms with Gasteiger partial charge in [0.2, 0.25) is 0 Å². The lowest BCUT2D eigenvalue weighted by molar-refractivity contribution is 0.104. The molecule has 1 N–H and O–H groups in total. The predicted molar refractivity (Wildman–Crippen MR) is 52.9 cm³/mol. The van der Waals surface area contributed by atoms with Gasteiger partial charge in [0.15, 0.2) is 0 Å². The molecule has 0 radical (unpaired) electrons. The Hall–Kier alpha value is -0.660. The van der Waals surface area contributed by atoms with Crippen molar-refractivity contribution in [3.05, 3.63) is 12.0 Å². The van der Waals surface area contributed by atoms with Crippen LogP contribution in [0, 0.1) is 0 Å². The summed E-state index contributed by atoms with van der Waals surface area (Å²) >= 11 is 0. The summed E-state index contributed by atoms with van der Waals surface area (Å²) in [5.41, 5.74) is 0. The number of rotatable bonds is 6. The fourth-order valence-electron chi connectivity index (χ4n) is 1.17. The molecule has 72 valence electrons. The summed E-state index contributed by atoms with van der Waals surface area (Å²) in [5, 5.41) is 2.95. The van der Waals surface area contributed by atoms with E-state index in [1.54, 1.807) is 0 Å². The van der Waals surface area contributed by atoms with Crippen molar-refractivity contribution in [2.75, 3.05) is 7.05 Å². The lowest BCUT2D eigenvalue weighted by atomic mass is 10.1. The van der Waals surface area contributed by atoms with E-state index in [9.17, 15) is 0 Å². The molecule has 2 heteroatoms. The van der Waals surface area contributed by atoms with E-state index in [1.807, 2.05) is 20.2 Å². The average molecular weight is 171 g/mol. The monoisotopic (exact) mass is 171 g/mol. The zero-order chi connectivity index (χ0) is 9.40. The van der Waals surface area contributed by atoms with Crippen molar-refractivity contribution < 1.29 is 4.74 Å². The van der Waals surface area contributed by atoms with E-state index in [-0.39, 0.29) is 0 Å². The van der Waals surface area contributed by atoms with Crippen LogP contribution in [0.3, 0.4) is 0 Å². The zero-order valence-corrected chi connectivity index (χ0v) is 8.68. The van der Waals surface area contributed by atoms with Crippen molar-refractivity contribution in [3.63, 3.8) is 0 Å². The summed E-state index contributed by atoms with van der Waals surface area (Å²) in [5.74, 6) is 0.970. The Bertz CT molecular complexity index is 132. The molecule has 0 bridgehead atoms. The van der Waals surface area contributed by atoms with Gasteiger partial charge in [-0.15, -0.1) is 0 Å². The summed E-state index contributed by atoms with van der Waals surface area (Å²) in [4.78, 5) is 0. The molecule has 0 aromatic rings. The minimum Gasteiger partial charge on any atom is -0.494 e. The van der Waals surface area contributed by atoms with Gasteiger partial charge in [-0.3, -0.25) is 0 Å². The SMILES string of the molecule is CCCC(CC)O/C(C)=C/NC. The molecule has 0 saturated heterocycles. The van der Waals surface area contributed by atoms with Crippen molar-refractivity contribution in [2.45, 2.75) is 46.1 Å². The van der Waals surface area contributed by atoms with Crippen LogP contribution >= 0.6 is 0 Å². The summed E-state index contributed by atoms with van der Waals surface area (Å²) in [7, 11) is 1.88. The van der Waals surface area contributed by atoms with Gasteiger partial charge < -0.3 is 10.1 Å². The molecule has 0 aromatic carbocycles. The molecule has 0 saturated carbocycles. The van der Waals surface area contributed by atoms with Crippen LogP contribution in [0.2, 0.25) is 0 Å². The maximum Gasteiger partial charge on any atom is 0.109 e. The largest absolute Gasteiger partial charge is 0.494 e. The standard InChI is InChI=1S/C10H21NO/c1-5-7-10(6-2)12-9(3)8-11-4/h8,10-11H,5-7H2,1-4H3/b9-8+. The Morgan fingerprint density at radius 3 is 2.58 bits per heavy atom. The first-order valence-electron chi connectivity index (χ1n) is 4.75. The van der Waals surface area contributed by atoms with Crippen molar-refractivity contribution in [1.29, 1.82) is 0 Å². The van der Waals surface area contributed by atoms with Gasteiger partial charge in [-0.1, -0.05) is 20.3 Å². The van der Waals surface area contributed by atoms with Crippen LogP contribution in [0.1, 0.15) is 40.0 Å². The second-order valence-electron chi connectivity index (χ2n) is 2.98. The summed E-state index contributed by atoms with van der Waals surface area (Å²) in [6, 6.07) is 0. The Kier molecular flexibility index (Phi) is 6.63. The van der Waals surface area contributed by atoms with E-state index in [0.717, 1.165) is 18.6 Å². The molecule has 2 nitrogen and oxygen atoms in total. The molecule has 0 aliphatic carbocycles. The number of hydrogen-bond donors (Lipinski definition) is 1. The second-order valence-corrected chi connectivity index (χ2v) is 2.98. The Balaban J connectivity index is 3.76. The molecule has 0 fully saturated rings. The van der Waals surface area contributed by atoms with Crippen LogP contribution in [0.15, 0.2) is 12.0 Å². The first-order chi connectivity index (χ1) is 5.74. The number of ether oxygens (including phenoxy) is 1. The molecule has 0 heterocycles. The van der Waals surface area contributed by atoms with Crippen LogP contribution < -0.4 is 5.32 Å². The molecule has 0 amide bonds. The maximum absolute atomic E-state index is 5.68. The first kappa shape index (κ1) is 11.3. The van der Waals surface area contributed by atoms with Crippen LogP contribution in [-0.4, -0.2) is 13.2 Å². The van der Waals surface area contributed by atoms with E-state index >= 15 is 0 Å². The van der Waals surface area contributed by atoms with Gasteiger partial charge in [-0.2, -0.15) is 0 Å². The number of nitrogens with one attached hydrogen (secondary N) is 1. The molecular weight excluding hydrogens is 150 g/mol. The highest BCUT2D eigenvalue weighted by Crippen LogP contribution is 2.10. The molecule has 1 unspecified atom stereocenters. The van der Waals surface area contributed by atoms with Gasteiger partial charge in [0, 0.05) is 13.2 Å². The van der Waals surface area contributed by atoms with Crippen LogP contribution in [0.4, 0.5) is 0 Å². The molecule has 0 rings (SSSR count). The van der Waals surface area contributed by atoms with Gasteiger partial charge >= 0.3 is 0 Å². The van der Waals surface area contributed by atoms with E-state index in [1.165, 1.54) is 6.42 Å². The Morgan fingerprint density at radius 2 is 2.17 bits per heavy atom. The van der Waals surface area contributed by atoms with Crippen LogP contribution in [-0.2, 0) is 4.74 Å². The smallest absolute Gasteiger partial charge is 0.109 e. The fourth-order valence-corrected chi connectivity index (χ4v) is 1.17. The van der Waals surface area contributed by atoms with Crippen LogP contribution in [0.5, 0.6) is 0 Å². The minimum absolute atomic E-state index is 0.389. The zero-order valence-electron chi connectivity index (χ0n) is 8.68. The normalized spacial score (nSPS) is 14.2. The van der Waals surface area contributed by atoms with Gasteiger partial charge in [-0.25, -0.2) is 0 Å². The van der Waals surface area contributed by atoms with Crippen LogP contribution in [0.25, 0.3) is 0 Å². The Morgan fingerprint density at radius 1 is 1.50 bits per heavy atom. The van der Waals surface area contributed by atoms with Crippen molar-refractivity contribution in [2.24, 2.45) is 0 Å². The van der Waals surface area contributed by atoms with E-state index in [4.69, 9.17) is 4.74 Å². The molecule has 12 heavy (non-hydrogen) atoms. The van der Waals surface area contributed by atoms with Crippen molar-refractivity contribution in [1.82, 2.24) is 5.32 Å². The fraction of sp³-hybridized carbons (Fsp3) is 0.800. The Labute approximate surface area is 76.0 Å². The second kappa shape index (κ2) is 7.01. The molecule has 0 aromatic heterocycles. The summed E-state index contributed by atoms with van der Waals surface area (Å²) in [6.45, 7) is 6.32. The molecule has 0 aliphatic heterocycles. The third kappa shape index (κ3) is 5.05. The topological polar surface area (TPSA) is 21.3 Å². The third-order valence-corrected chi connectivity index (χ3v) is 1.77. The molecule has 1 atom stereocenters. The number of hydrogen-bond acceptors (Lipinski definition) is 2. The summed E-state index contributed by atoms with van der Waals surface area (Å²) < 4.78 is 5.68. The molecule has 0 aliphatic rings. The lowest BCUT2D eigenvalue weighted by Crippen LogP contribution is -2.11. The average Bonchev–Trinajstić information content (AvgIpc) is 2.04. The quantitative estimate of drug-likeness (QED) is 0.620. The number of allylic oxidation sites excluding steroid dienone is 1. The van der Waals surface area contributed by atoms with Crippen molar-refractivity contribution >= 4 is 0 Å². The van der Waals surface area contributed by atoms with Gasteiger partial charge in [0.05, 0.1) is 6.10 Å². The van der Waals surface area contributed by atoms with Crippen molar-refractivity contribution in [3.8, 4) is 0 Å².